The van der Waals surface area contributed by atoms with Crippen LogP contribution < -0.4 is 4.74 Å². The summed E-state index contributed by atoms with van der Waals surface area (Å²) in [7, 11) is 1.55. The maximum Gasteiger partial charge on any atom is 0.308 e. The van der Waals surface area contributed by atoms with Crippen molar-refractivity contribution in [1.29, 1.82) is 0 Å². The second-order valence-electron chi connectivity index (χ2n) is 7.03. The number of carbonyl (C=O) groups is 2. The van der Waals surface area contributed by atoms with E-state index in [4.69, 9.17) is 18.9 Å². The fourth-order valence-corrected chi connectivity index (χ4v) is 2.89. The molecule has 0 aromatic heterocycles. The van der Waals surface area contributed by atoms with Gasteiger partial charge in [-0.25, -0.2) is 0 Å². The lowest BCUT2D eigenvalue weighted by molar-refractivity contribution is -0.156. The Hall–Kier alpha value is -2.64. The molecule has 2 atom stereocenters. The van der Waals surface area contributed by atoms with Crippen LogP contribution in [0.5, 0.6) is 5.75 Å². The molecule has 197 valence electrons. The Morgan fingerprint density at radius 1 is 0.829 bits per heavy atom. The summed E-state index contributed by atoms with van der Waals surface area (Å²) >= 11 is 0. The molecule has 0 N–H and O–H groups in total. The van der Waals surface area contributed by atoms with Gasteiger partial charge in [-0.05, 0) is 24.6 Å². The van der Waals surface area contributed by atoms with Crippen molar-refractivity contribution in [3.8, 4) is 5.75 Å². The molecule has 0 saturated heterocycles. The van der Waals surface area contributed by atoms with Gasteiger partial charge in [0, 0.05) is 28.4 Å². The van der Waals surface area contributed by atoms with Crippen molar-refractivity contribution in [2.24, 2.45) is 0 Å². The standard InChI is InChI=1S/C24H30O6.4CH4.B/c1-19(25)15-23(18-28-17-20-9-5-3-6-10-20)30-24(26)16-22(27-2)13-14-29-21-11-7-4-8-12-21;;;;;/h3-12,22-23H,13-18H2,1-2H3;4*1H4;. The predicted octanol–water partition coefficient (Wildman–Crippen LogP) is 6.13. The average molecular weight is 489 g/mol. The lowest BCUT2D eigenvalue weighted by Gasteiger charge is -2.20. The zero-order chi connectivity index (χ0) is 21.6. The Kier molecular flexibility index (Phi) is 26.1. The first-order chi connectivity index (χ1) is 14.6. The second-order valence-corrected chi connectivity index (χ2v) is 7.03. The minimum absolute atomic E-state index is 0. The third-order valence-corrected chi connectivity index (χ3v) is 4.41. The van der Waals surface area contributed by atoms with Gasteiger partial charge < -0.3 is 18.9 Å². The van der Waals surface area contributed by atoms with Gasteiger partial charge in [-0.3, -0.25) is 9.59 Å². The number of para-hydroxylation sites is 1. The van der Waals surface area contributed by atoms with Crippen LogP contribution in [-0.4, -0.2) is 52.7 Å². The number of benzene rings is 2. The first-order valence-corrected chi connectivity index (χ1v) is 10.1. The van der Waals surface area contributed by atoms with Gasteiger partial charge >= 0.3 is 5.97 Å². The second kappa shape index (κ2) is 23.1. The lowest BCUT2D eigenvalue weighted by Crippen LogP contribution is -2.28. The fraction of sp³-hybridized carbons (Fsp3) is 0.500. The van der Waals surface area contributed by atoms with Crippen LogP contribution in [0, 0.1) is 0 Å². The van der Waals surface area contributed by atoms with Gasteiger partial charge in [0.15, 0.2) is 0 Å². The minimum atomic E-state index is -0.614. The molecule has 2 unspecified atom stereocenters. The highest BCUT2D eigenvalue weighted by atomic mass is 16.6. The van der Waals surface area contributed by atoms with E-state index in [9.17, 15) is 9.59 Å². The summed E-state index contributed by atoms with van der Waals surface area (Å²) in [6.07, 6.45) is -0.194. The van der Waals surface area contributed by atoms with Gasteiger partial charge in [-0.1, -0.05) is 78.2 Å². The Bertz CT molecular complexity index is 755. The molecule has 0 fully saturated rings. The average Bonchev–Trinajstić information content (AvgIpc) is 2.74. The van der Waals surface area contributed by atoms with Crippen molar-refractivity contribution in [3.05, 3.63) is 66.2 Å². The molecule has 35 heavy (non-hydrogen) atoms. The normalized spacial score (nSPS) is 10.9. The topological polar surface area (TPSA) is 71.1 Å². The summed E-state index contributed by atoms with van der Waals surface area (Å²) < 4.78 is 22.2. The fourth-order valence-electron chi connectivity index (χ4n) is 2.89. The number of Topliss-reactive ketones (excluding diaryl/α,β-unsaturated/α-hetero) is 1. The molecule has 2 aromatic rings. The highest BCUT2D eigenvalue weighted by molar-refractivity contribution is 5.77. The van der Waals surface area contributed by atoms with Gasteiger partial charge in [0.1, 0.15) is 17.6 Å². The lowest BCUT2D eigenvalue weighted by atomic mass is 10.1. The third-order valence-electron chi connectivity index (χ3n) is 4.41. The monoisotopic (exact) mass is 489 g/mol. The Morgan fingerprint density at radius 3 is 1.94 bits per heavy atom. The molecule has 7 heteroatoms. The Labute approximate surface area is 215 Å². The third kappa shape index (κ3) is 17.5. The summed E-state index contributed by atoms with van der Waals surface area (Å²) in [5.74, 6) is 0.291. The van der Waals surface area contributed by atoms with Crippen molar-refractivity contribution >= 4 is 20.2 Å². The highest BCUT2D eigenvalue weighted by Crippen LogP contribution is 2.12. The summed E-state index contributed by atoms with van der Waals surface area (Å²) in [5, 5.41) is 0. The van der Waals surface area contributed by atoms with E-state index in [0.717, 1.165) is 11.3 Å². The van der Waals surface area contributed by atoms with Crippen LogP contribution in [0.3, 0.4) is 0 Å². The number of hydrogen-bond donors (Lipinski definition) is 0. The van der Waals surface area contributed by atoms with Crippen molar-refractivity contribution in [1.82, 2.24) is 0 Å². The maximum absolute atomic E-state index is 12.4. The van der Waals surface area contributed by atoms with Crippen molar-refractivity contribution < 1.29 is 28.5 Å². The van der Waals surface area contributed by atoms with E-state index in [1.807, 2.05) is 60.7 Å². The van der Waals surface area contributed by atoms with Crippen molar-refractivity contribution in [2.75, 3.05) is 20.3 Å². The van der Waals surface area contributed by atoms with Crippen LogP contribution in [0.2, 0.25) is 0 Å². The number of esters is 1. The summed E-state index contributed by atoms with van der Waals surface area (Å²) in [5.41, 5.74) is 1.02. The molecule has 0 aliphatic rings. The molecule has 2 aromatic carbocycles. The van der Waals surface area contributed by atoms with Gasteiger partial charge in [0.2, 0.25) is 0 Å². The van der Waals surface area contributed by atoms with E-state index in [0.29, 0.717) is 19.6 Å². The van der Waals surface area contributed by atoms with Crippen LogP contribution in [0.15, 0.2) is 60.7 Å². The molecular weight excluding hydrogens is 443 g/mol. The van der Waals surface area contributed by atoms with Gasteiger partial charge in [0.05, 0.1) is 32.3 Å². The maximum atomic E-state index is 12.4. The van der Waals surface area contributed by atoms with Gasteiger partial charge in [-0.15, -0.1) is 0 Å². The molecule has 0 bridgehead atoms. The van der Waals surface area contributed by atoms with Crippen LogP contribution in [0.25, 0.3) is 0 Å². The van der Waals surface area contributed by atoms with Crippen LogP contribution in [0.1, 0.15) is 61.5 Å². The molecular formula is C28H46BO6. The van der Waals surface area contributed by atoms with E-state index in [1.54, 1.807) is 7.11 Å². The first-order valence-electron chi connectivity index (χ1n) is 10.1. The minimum Gasteiger partial charge on any atom is -0.493 e. The van der Waals surface area contributed by atoms with Gasteiger partial charge in [0.25, 0.3) is 0 Å². The number of ether oxygens (including phenoxy) is 4. The van der Waals surface area contributed by atoms with Gasteiger partial charge in [-0.2, -0.15) is 0 Å². The number of carbonyl (C=O) groups excluding carboxylic acids is 2. The molecule has 0 heterocycles. The molecule has 6 nitrogen and oxygen atoms in total. The highest BCUT2D eigenvalue weighted by Gasteiger charge is 2.20. The molecule has 0 aliphatic carbocycles. The molecule has 0 saturated carbocycles. The van der Waals surface area contributed by atoms with Crippen molar-refractivity contribution in [3.63, 3.8) is 0 Å². The van der Waals surface area contributed by atoms with Crippen LogP contribution in [-0.2, 0) is 30.4 Å². The number of ketones is 1. The molecule has 2 rings (SSSR count). The summed E-state index contributed by atoms with van der Waals surface area (Å²) in [6, 6.07) is 19.2. The predicted molar refractivity (Wildman–Crippen MR) is 146 cm³/mol. The molecule has 0 spiro atoms. The number of rotatable bonds is 14. The molecule has 3 radical (unpaired) electrons. The SMILES string of the molecule is C.C.C.C.COC(CCOc1ccccc1)CC(=O)OC(COCc1ccccc1)CC(C)=O.[B]. The number of methoxy groups -OCH3 is 1. The van der Waals surface area contributed by atoms with E-state index in [1.165, 1.54) is 6.92 Å². The zero-order valence-corrected chi connectivity index (χ0v) is 18.2. The van der Waals surface area contributed by atoms with E-state index in [-0.39, 0.29) is 69.5 Å². The van der Waals surface area contributed by atoms with Crippen LogP contribution in [0.4, 0.5) is 0 Å². The number of hydrogen-bond acceptors (Lipinski definition) is 6. The quantitative estimate of drug-likeness (QED) is 0.235. The van der Waals surface area contributed by atoms with E-state index in [2.05, 4.69) is 0 Å². The van der Waals surface area contributed by atoms with E-state index < -0.39 is 12.1 Å². The summed E-state index contributed by atoms with van der Waals surface area (Å²) in [4.78, 5) is 23.9. The van der Waals surface area contributed by atoms with Crippen molar-refractivity contribution in [2.45, 2.75) is 74.7 Å². The Balaban J connectivity index is -0.000000961. The van der Waals surface area contributed by atoms with E-state index >= 15 is 0 Å². The molecule has 0 aliphatic heterocycles. The smallest absolute Gasteiger partial charge is 0.308 e. The Morgan fingerprint density at radius 2 is 1.40 bits per heavy atom. The van der Waals surface area contributed by atoms with Crippen LogP contribution >= 0.6 is 0 Å². The first kappa shape index (κ1) is 39.6. The molecule has 0 amide bonds. The largest absolute Gasteiger partial charge is 0.493 e. The summed E-state index contributed by atoms with van der Waals surface area (Å²) in [6.45, 7) is 2.45. The zero-order valence-electron chi connectivity index (χ0n) is 18.2.